The van der Waals surface area contributed by atoms with E-state index in [1.807, 2.05) is 0 Å². The fraction of sp³-hybridized carbons (Fsp3) is 0.625. The number of carbonyl (C=O) groups excluding carboxylic acids is 1. The standard InChI is InChI=1S/C8H13ClO/c1-3-7(2)6-8(10)4-5-9/h4-5,7H,3,6H2,1-2H3/b5-4+. The second-order valence-electron chi connectivity index (χ2n) is 2.48. The first kappa shape index (κ1) is 9.70. The third-order valence-electron chi connectivity index (χ3n) is 1.50. The van der Waals surface area contributed by atoms with Crippen LogP contribution >= 0.6 is 11.6 Å². The van der Waals surface area contributed by atoms with Crippen molar-refractivity contribution in [2.24, 2.45) is 5.92 Å². The Balaban J connectivity index is 3.57. The molecule has 0 heterocycles. The Labute approximate surface area is 67.1 Å². The van der Waals surface area contributed by atoms with Crippen LogP contribution in [0, 0.1) is 5.92 Å². The smallest absolute Gasteiger partial charge is 0.156 e. The second kappa shape index (κ2) is 5.48. The number of halogens is 1. The van der Waals surface area contributed by atoms with Gasteiger partial charge in [0.1, 0.15) is 0 Å². The molecule has 0 bridgehead atoms. The average Bonchev–Trinajstić information content (AvgIpc) is 1.88. The molecule has 10 heavy (non-hydrogen) atoms. The molecule has 0 aromatic carbocycles. The number of hydrogen-bond acceptors (Lipinski definition) is 1. The molecule has 1 nitrogen and oxygen atoms in total. The van der Waals surface area contributed by atoms with Crippen LogP contribution < -0.4 is 0 Å². The SMILES string of the molecule is CCC(C)CC(=O)/C=C/Cl. The van der Waals surface area contributed by atoms with Crippen LogP contribution in [0.25, 0.3) is 0 Å². The van der Waals surface area contributed by atoms with Crippen LogP contribution in [-0.4, -0.2) is 5.78 Å². The molecule has 0 saturated carbocycles. The van der Waals surface area contributed by atoms with Crippen molar-refractivity contribution in [3.8, 4) is 0 Å². The predicted molar refractivity (Wildman–Crippen MR) is 44.1 cm³/mol. The molecule has 0 fully saturated rings. The molecular weight excluding hydrogens is 148 g/mol. The topological polar surface area (TPSA) is 17.1 Å². The van der Waals surface area contributed by atoms with Gasteiger partial charge in [-0.2, -0.15) is 0 Å². The van der Waals surface area contributed by atoms with Gasteiger partial charge in [-0.25, -0.2) is 0 Å². The van der Waals surface area contributed by atoms with Crippen LogP contribution in [0.4, 0.5) is 0 Å². The lowest BCUT2D eigenvalue weighted by Gasteiger charge is -2.02. The lowest BCUT2D eigenvalue weighted by atomic mass is 10.0. The van der Waals surface area contributed by atoms with Gasteiger partial charge in [0.15, 0.2) is 5.78 Å². The first-order valence-corrected chi connectivity index (χ1v) is 3.94. The minimum atomic E-state index is 0.115. The summed E-state index contributed by atoms with van der Waals surface area (Å²) in [4.78, 5) is 10.8. The van der Waals surface area contributed by atoms with Crippen LogP contribution in [-0.2, 0) is 4.79 Å². The van der Waals surface area contributed by atoms with Crippen molar-refractivity contribution in [2.75, 3.05) is 0 Å². The lowest BCUT2D eigenvalue weighted by molar-refractivity contribution is -0.115. The van der Waals surface area contributed by atoms with Crippen molar-refractivity contribution < 1.29 is 4.79 Å². The molecule has 0 saturated heterocycles. The summed E-state index contributed by atoms with van der Waals surface area (Å²) in [5.41, 5.74) is 1.27. The first-order valence-electron chi connectivity index (χ1n) is 3.50. The normalized spacial score (nSPS) is 13.9. The van der Waals surface area contributed by atoms with Crippen LogP contribution in [0.1, 0.15) is 26.7 Å². The van der Waals surface area contributed by atoms with E-state index in [1.165, 1.54) is 11.6 Å². The first-order chi connectivity index (χ1) is 4.70. The van der Waals surface area contributed by atoms with E-state index < -0.39 is 0 Å². The fourth-order valence-corrected chi connectivity index (χ4v) is 0.767. The Morgan fingerprint density at radius 1 is 1.70 bits per heavy atom. The molecule has 1 atom stereocenters. The molecular formula is C8H13ClO. The summed E-state index contributed by atoms with van der Waals surface area (Å²) in [7, 11) is 0. The maximum atomic E-state index is 10.8. The molecule has 0 radical (unpaired) electrons. The van der Waals surface area contributed by atoms with E-state index in [1.54, 1.807) is 0 Å². The Hall–Kier alpha value is -0.300. The molecule has 0 aliphatic rings. The highest BCUT2D eigenvalue weighted by atomic mass is 35.5. The molecule has 0 aliphatic heterocycles. The fourth-order valence-electron chi connectivity index (χ4n) is 0.626. The molecule has 1 unspecified atom stereocenters. The van der Waals surface area contributed by atoms with Gasteiger partial charge in [-0.3, -0.25) is 4.79 Å². The quantitative estimate of drug-likeness (QED) is 0.578. The lowest BCUT2D eigenvalue weighted by Crippen LogP contribution is -2.00. The Morgan fingerprint density at radius 3 is 2.70 bits per heavy atom. The maximum absolute atomic E-state index is 10.8. The maximum Gasteiger partial charge on any atom is 0.156 e. The van der Waals surface area contributed by atoms with Crippen LogP contribution in [0.15, 0.2) is 11.6 Å². The van der Waals surface area contributed by atoms with Gasteiger partial charge in [-0.1, -0.05) is 31.9 Å². The van der Waals surface area contributed by atoms with Crippen molar-refractivity contribution in [3.05, 3.63) is 11.6 Å². The largest absolute Gasteiger partial charge is 0.295 e. The van der Waals surface area contributed by atoms with Crippen molar-refractivity contribution in [2.45, 2.75) is 26.7 Å². The monoisotopic (exact) mass is 160 g/mol. The molecule has 0 aromatic rings. The number of carbonyl (C=O) groups is 1. The molecule has 58 valence electrons. The summed E-state index contributed by atoms with van der Waals surface area (Å²) < 4.78 is 0. The Morgan fingerprint density at radius 2 is 2.30 bits per heavy atom. The van der Waals surface area contributed by atoms with E-state index in [2.05, 4.69) is 13.8 Å². The summed E-state index contributed by atoms with van der Waals surface area (Å²) in [6.07, 6.45) is 3.06. The predicted octanol–water partition coefficient (Wildman–Crippen LogP) is 2.74. The average molecular weight is 161 g/mol. The van der Waals surface area contributed by atoms with E-state index in [4.69, 9.17) is 11.6 Å². The summed E-state index contributed by atoms with van der Waals surface area (Å²) in [5, 5.41) is 0. The zero-order valence-corrected chi connectivity index (χ0v) is 7.19. The van der Waals surface area contributed by atoms with Gasteiger partial charge in [-0.15, -0.1) is 0 Å². The summed E-state index contributed by atoms with van der Waals surface area (Å²) in [5.74, 6) is 0.588. The number of allylic oxidation sites excluding steroid dienone is 1. The minimum Gasteiger partial charge on any atom is -0.295 e. The van der Waals surface area contributed by atoms with Crippen molar-refractivity contribution in [1.29, 1.82) is 0 Å². The molecule has 0 aromatic heterocycles. The van der Waals surface area contributed by atoms with E-state index in [-0.39, 0.29) is 5.78 Å². The highest BCUT2D eigenvalue weighted by molar-refractivity contribution is 6.26. The Bertz CT molecular complexity index is 129. The second-order valence-corrected chi connectivity index (χ2v) is 2.73. The molecule has 0 spiro atoms. The van der Waals surface area contributed by atoms with E-state index in [0.29, 0.717) is 12.3 Å². The zero-order valence-electron chi connectivity index (χ0n) is 6.43. The van der Waals surface area contributed by atoms with E-state index in [0.717, 1.165) is 6.42 Å². The van der Waals surface area contributed by atoms with Crippen LogP contribution in [0.3, 0.4) is 0 Å². The minimum absolute atomic E-state index is 0.115. The Kier molecular flexibility index (Phi) is 5.32. The van der Waals surface area contributed by atoms with E-state index in [9.17, 15) is 4.79 Å². The third-order valence-corrected chi connectivity index (χ3v) is 1.62. The molecule has 2 heteroatoms. The van der Waals surface area contributed by atoms with Gasteiger partial charge < -0.3 is 0 Å². The third kappa shape index (κ3) is 4.57. The zero-order chi connectivity index (χ0) is 7.98. The van der Waals surface area contributed by atoms with Gasteiger partial charge in [0, 0.05) is 12.0 Å². The van der Waals surface area contributed by atoms with E-state index >= 15 is 0 Å². The van der Waals surface area contributed by atoms with Gasteiger partial charge in [0.05, 0.1) is 0 Å². The molecule has 0 rings (SSSR count). The summed E-state index contributed by atoms with van der Waals surface area (Å²) >= 11 is 5.22. The van der Waals surface area contributed by atoms with Gasteiger partial charge in [-0.05, 0) is 12.0 Å². The number of ketones is 1. The van der Waals surface area contributed by atoms with Crippen LogP contribution in [0.2, 0.25) is 0 Å². The summed E-state index contributed by atoms with van der Waals surface area (Å²) in [6.45, 7) is 4.13. The van der Waals surface area contributed by atoms with Gasteiger partial charge in [0.25, 0.3) is 0 Å². The van der Waals surface area contributed by atoms with Crippen molar-refractivity contribution in [3.63, 3.8) is 0 Å². The number of rotatable bonds is 4. The van der Waals surface area contributed by atoms with Gasteiger partial charge in [0.2, 0.25) is 0 Å². The van der Waals surface area contributed by atoms with Gasteiger partial charge >= 0.3 is 0 Å². The molecule has 0 N–H and O–H groups in total. The summed E-state index contributed by atoms with van der Waals surface area (Å²) in [6, 6.07) is 0. The molecule has 0 amide bonds. The van der Waals surface area contributed by atoms with Crippen LogP contribution in [0.5, 0.6) is 0 Å². The molecule has 0 aliphatic carbocycles. The highest BCUT2D eigenvalue weighted by Crippen LogP contribution is 2.06. The highest BCUT2D eigenvalue weighted by Gasteiger charge is 2.02. The number of hydrogen-bond donors (Lipinski definition) is 0. The van der Waals surface area contributed by atoms with Crippen molar-refractivity contribution in [1.82, 2.24) is 0 Å². The van der Waals surface area contributed by atoms with Crippen molar-refractivity contribution >= 4 is 17.4 Å².